The van der Waals surface area contributed by atoms with Gasteiger partial charge in [0, 0.05) is 17.1 Å². The van der Waals surface area contributed by atoms with Crippen LogP contribution in [0.3, 0.4) is 0 Å². The van der Waals surface area contributed by atoms with E-state index in [2.05, 4.69) is 29.9 Å². The van der Waals surface area contributed by atoms with Crippen LogP contribution in [0, 0.1) is 0 Å². The largest absolute Gasteiger partial charge is 0.306 e. The number of fused-ring (bicyclic) bond motifs is 1. The lowest BCUT2D eigenvalue weighted by Crippen LogP contribution is -2.14. The van der Waals surface area contributed by atoms with Gasteiger partial charge in [-0.25, -0.2) is 4.98 Å². The number of aromatic nitrogens is 2. The first-order valence-corrected chi connectivity index (χ1v) is 6.02. The Balaban J connectivity index is 2.68. The van der Waals surface area contributed by atoms with Crippen LogP contribution >= 0.6 is 0 Å². The summed E-state index contributed by atoms with van der Waals surface area (Å²) in [4.78, 5) is 18.9. The average Bonchev–Trinajstić information content (AvgIpc) is 2.27. The Morgan fingerprint density at radius 3 is 2.41 bits per heavy atom. The van der Waals surface area contributed by atoms with E-state index in [1.165, 1.54) is 5.56 Å². The molecular weight excluding hydrogens is 212 g/mol. The molecule has 2 aromatic rings. The zero-order valence-electron chi connectivity index (χ0n) is 10.7. The summed E-state index contributed by atoms with van der Waals surface area (Å²) in [6, 6.07) is 4.06. The second kappa shape index (κ2) is 4.32. The summed E-state index contributed by atoms with van der Waals surface area (Å²) in [6.45, 7) is 8.32. The minimum Gasteiger partial charge on any atom is -0.306 e. The van der Waals surface area contributed by atoms with Crippen molar-refractivity contribution in [1.29, 1.82) is 0 Å². The van der Waals surface area contributed by atoms with E-state index in [4.69, 9.17) is 0 Å². The molecule has 90 valence electrons. The molecule has 2 rings (SSSR count). The van der Waals surface area contributed by atoms with E-state index in [1.54, 1.807) is 0 Å². The number of nitrogens with zero attached hydrogens (tertiary/aromatic N) is 1. The Hall–Kier alpha value is -1.64. The van der Waals surface area contributed by atoms with Gasteiger partial charge < -0.3 is 4.98 Å². The molecule has 3 nitrogen and oxygen atoms in total. The first kappa shape index (κ1) is 11.8. The number of H-pyrrole nitrogens is 1. The van der Waals surface area contributed by atoms with Crippen LogP contribution < -0.4 is 5.56 Å². The fourth-order valence-corrected chi connectivity index (χ4v) is 1.87. The second-order valence-corrected chi connectivity index (χ2v) is 5.07. The summed E-state index contributed by atoms with van der Waals surface area (Å²) in [6.07, 6.45) is 1.83. The van der Waals surface area contributed by atoms with Crippen molar-refractivity contribution >= 4 is 11.0 Å². The SMILES string of the molecule is CC(C)c1cnc2[nH]c(=O)c(C(C)C)cc2c1. The predicted octanol–water partition coefficient (Wildman–Crippen LogP) is 3.17. The molecule has 2 heterocycles. The van der Waals surface area contributed by atoms with Gasteiger partial charge in [-0.3, -0.25) is 4.79 Å². The lowest BCUT2D eigenvalue weighted by atomic mass is 10.0. The van der Waals surface area contributed by atoms with Gasteiger partial charge in [-0.05, 0) is 29.5 Å². The first-order valence-electron chi connectivity index (χ1n) is 6.02. The fourth-order valence-electron chi connectivity index (χ4n) is 1.87. The molecule has 0 aliphatic heterocycles. The molecule has 0 radical (unpaired) electrons. The van der Waals surface area contributed by atoms with Crippen molar-refractivity contribution in [2.75, 3.05) is 0 Å². The van der Waals surface area contributed by atoms with Crippen LogP contribution in [0.5, 0.6) is 0 Å². The number of hydrogen-bond acceptors (Lipinski definition) is 2. The van der Waals surface area contributed by atoms with Gasteiger partial charge in [0.1, 0.15) is 5.65 Å². The fraction of sp³-hybridized carbons (Fsp3) is 0.429. The number of rotatable bonds is 2. The third kappa shape index (κ3) is 2.23. The zero-order chi connectivity index (χ0) is 12.6. The van der Waals surface area contributed by atoms with Crippen LogP contribution in [0.15, 0.2) is 23.1 Å². The summed E-state index contributed by atoms with van der Waals surface area (Å²) in [5, 5.41) is 1.01. The highest BCUT2D eigenvalue weighted by Crippen LogP contribution is 2.19. The Kier molecular flexibility index (Phi) is 3.01. The third-order valence-corrected chi connectivity index (χ3v) is 3.03. The number of nitrogens with one attached hydrogen (secondary N) is 1. The summed E-state index contributed by atoms with van der Waals surface area (Å²) in [7, 11) is 0. The molecule has 1 N–H and O–H groups in total. The molecule has 2 aromatic heterocycles. The van der Waals surface area contributed by atoms with E-state index >= 15 is 0 Å². The number of hydrogen-bond donors (Lipinski definition) is 1. The van der Waals surface area contributed by atoms with Gasteiger partial charge in [0.15, 0.2) is 0 Å². The molecule has 0 aliphatic rings. The number of pyridine rings is 2. The van der Waals surface area contributed by atoms with Crippen LogP contribution in [0.1, 0.15) is 50.7 Å². The van der Waals surface area contributed by atoms with Crippen molar-refractivity contribution in [3.8, 4) is 0 Å². The first-order chi connectivity index (χ1) is 7.99. The molecule has 0 amide bonds. The molecular formula is C14H18N2O. The standard InChI is InChI=1S/C14H18N2O/c1-8(2)11-5-10-6-12(9(3)4)14(17)16-13(10)15-7-11/h5-9H,1-4H3,(H,15,16,17). The Morgan fingerprint density at radius 1 is 1.12 bits per heavy atom. The maximum absolute atomic E-state index is 11.8. The Labute approximate surface area is 101 Å². The zero-order valence-corrected chi connectivity index (χ0v) is 10.7. The van der Waals surface area contributed by atoms with Gasteiger partial charge in [-0.2, -0.15) is 0 Å². The quantitative estimate of drug-likeness (QED) is 0.861. The lowest BCUT2D eigenvalue weighted by molar-refractivity contribution is 0.844. The minimum atomic E-state index is -0.0303. The molecule has 0 unspecified atom stereocenters. The monoisotopic (exact) mass is 230 g/mol. The summed E-state index contributed by atoms with van der Waals surface area (Å²) in [5.74, 6) is 0.673. The van der Waals surface area contributed by atoms with Crippen molar-refractivity contribution in [3.05, 3.63) is 39.8 Å². The van der Waals surface area contributed by atoms with Crippen molar-refractivity contribution in [2.45, 2.75) is 39.5 Å². The molecule has 0 aromatic carbocycles. The van der Waals surface area contributed by atoms with Gasteiger partial charge in [0.2, 0.25) is 0 Å². The van der Waals surface area contributed by atoms with E-state index in [-0.39, 0.29) is 11.5 Å². The maximum Gasteiger partial charge on any atom is 0.253 e. The van der Waals surface area contributed by atoms with Gasteiger partial charge in [0.25, 0.3) is 5.56 Å². The van der Waals surface area contributed by atoms with Crippen molar-refractivity contribution in [3.63, 3.8) is 0 Å². The highest BCUT2D eigenvalue weighted by molar-refractivity contribution is 5.75. The second-order valence-electron chi connectivity index (χ2n) is 5.07. The topological polar surface area (TPSA) is 45.8 Å². The maximum atomic E-state index is 11.8. The molecule has 0 atom stereocenters. The molecule has 0 bridgehead atoms. The number of aromatic amines is 1. The molecule has 0 aliphatic carbocycles. The third-order valence-electron chi connectivity index (χ3n) is 3.03. The normalized spacial score (nSPS) is 11.6. The van der Waals surface area contributed by atoms with Crippen LogP contribution in [-0.2, 0) is 0 Å². The highest BCUT2D eigenvalue weighted by Gasteiger charge is 2.08. The molecule has 0 fully saturated rings. The van der Waals surface area contributed by atoms with E-state index in [0.29, 0.717) is 11.6 Å². The Bertz CT molecular complexity index is 597. The van der Waals surface area contributed by atoms with Crippen LogP contribution in [0.4, 0.5) is 0 Å². The molecule has 0 spiro atoms. The van der Waals surface area contributed by atoms with Crippen LogP contribution in [0.2, 0.25) is 0 Å². The van der Waals surface area contributed by atoms with E-state index in [0.717, 1.165) is 10.9 Å². The van der Waals surface area contributed by atoms with Crippen molar-refractivity contribution in [1.82, 2.24) is 9.97 Å². The van der Waals surface area contributed by atoms with Gasteiger partial charge in [-0.1, -0.05) is 27.7 Å². The average molecular weight is 230 g/mol. The molecule has 0 saturated carbocycles. The van der Waals surface area contributed by atoms with E-state index < -0.39 is 0 Å². The summed E-state index contributed by atoms with van der Waals surface area (Å²) < 4.78 is 0. The van der Waals surface area contributed by atoms with Crippen molar-refractivity contribution < 1.29 is 0 Å². The van der Waals surface area contributed by atoms with Crippen molar-refractivity contribution in [2.24, 2.45) is 0 Å². The smallest absolute Gasteiger partial charge is 0.253 e. The summed E-state index contributed by atoms with van der Waals surface area (Å²) >= 11 is 0. The lowest BCUT2D eigenvalue weighted by Gasteiger charge is -2.08. The van der Waals surface area contributed by atoms with Gasteiger partial charge in [-0.15, -0.1) is 0 Å². The van der Waals surface area contributed by atoms with E-state index in [9.17, 15) is 4.79 Å². The minimum absolute atomic E-state index is 0.0303. The summed E-state index contributed by atoms with van der Waals surface area (Å²) in [5.41, 5.74) is 2.65. The molecule has 0 saturated heterocycles. The van der Waals surface area contributed by atoms with Crippen LogP contribution in [0.25, 0.3) is 11.0 Å². The molecule has 17 heavy (non-hydrogen) atoms. The highest BCUT2D eigenvalue weighted by atomic mass is 16.1. The predicted molar refractivity (Wildman–Crippen MR) is 70.5 cm³/mol. The van der Waals surface area contributed by atoms with Crippen LogP contribution in [-0.4, -0.2) is 9.97 Å². The van der Waals surface area contributed by atoms with E-state index in [1.807, 2.05) is 26.1 Å². The van der Waals surface area contributed by atoms with Gasteiger partial charge in [0.05, 0.1) is 0 Å². The van der Waals surface area contributed by atoms with Gasteiger partial charge >= 0.3 is 0 Å². The Morgan fingerprint density at radius 2 is 1.82 bits per heavy atom. The molecule has 3 heteroatoms.